The van der Waals surface area contributed by atoms with Gasteiger partial charge in [0.15, 0.2) is 12.4 Å². The number of aliphatic hydroxyl groups is 4. The van der Waals surface area contributed by atoms with Crippen LogP contribution in [0.5, 0.6) is 0 Å². The molecule has 1 heterocycles. The van der Waals surface area contributed by atoms with E-state index in [0.717, 1.165) is 44.9 Å². The third-order valence-electron chi connectivity index (χ3n) is 5.44. The Morgan fingerprint density at radius 3 is 2.29 bits per heavy atom. The Balaban J connectivity index is 2.38. The molecule has 1 fully saturated rings. The van der Waals surface area contributed by atoms with Crippen LogP contribution in [0.1, 0.15) is 71.6 Å². The predicted molar refractivity (Wildman–Crippen MR) is 123 cm³/mol. The maximum Gasteiger partial charge on any atom is 0.306 e. The van der Waals surface area contributed by atoms with Crippen molar-refractivity contribution in [2.75, 3.05) is 19.8 Å². The zero-order chi connectivity index (χ0) is 25.3. The minimum absolute atomic E-state index is 0.215. The lowest BCUT2D eigenvalue weighted by atomic mass is 9.99. The van der Waals surface area contributed by atoms with Crippen LogP contribution < -0.4 is 0 Å². The first-order chi connectivity index (χ1) is 16.3. The Morgan fingerprint density at radius 1 is 0.941 bits per heavy atom. The Labute approximate surface area is 201 Å². The molecule has 1 saturated heterocycles. The van der Waals surface area contributed by atoms with Crippen LogP contribution >= 0.6 is 0 Å². The third-order valence-corrected chi connectivity index (χ3v) is 5.44. The van der Waals surface area contributed by atoms with Crippen molar-refractivity contribution in [3.63, 3.8) is 0 Å². The number of aliphatic hydroxyl groups excluding tert-OH is 4. The topological polar surface area (TPSA) is 152 Å². The molecule has 6 unspecified atom stereocenters. The van der Waals surface area contributed by atoms with Gasteiger partial charge in [0.1, 0.15) is 31.0 Å². The van der Waals surface area contributed by atoms with Crippen LogP contribution in [0.3, 0.4) is 0 Å². The Hall–Kier alpha value is -1.56. The van der Waals surface area contributed by atoms with Crippen molar-refractivity contribution in [2.24, 2.45) is 0 Å². The highest BCUT2D eigenvalue weighted by Gasteiger charge is 2.44. The van der Waals surface area contributed by atoms with Crippen molar-refractivity contribution in [2.45, 2.75) is 108 Å². The van der Waals surface area contributed by atoms with Gasteiger partial charge in [-0.3, -0.25) is 9.59 Å². The first-order valence-electron chi connectivity index (χ1n) is 12.2. The largest absolute Gasteiger partial charge is 0.462 e. The van der Waals surface area contributed by atoms with E-state index in [-0.39, 0.29) is 19.6 Å². The van der Waals surface area contributed by atoms with E-state index in [1.54, 1.807) is 0 Å². The van der Waals surface area contributed by atoms with Crippen molar-refractivity contribution in [1.82, 2.24) is 0 Å². The van der Waals surface area contributed by atoms with Gasteiger partial charge in [-0.15, -0.1) is 0 Å². The second-order valence-corrected chi connectivity index (χ2v) is 8.51. The van der Waals surface area contributed by atoms with Gasteiger partial charge >= 0.3 is 11.9 Å². The number of carbonyl (C=O) groups is 2. The van der Waals surface area contributed by atoms with Crippen LogP contribution in [-0.4, -0.2) is 89.0 Å². The number of hydrogen-bond acceptors (Lipinski definition) is 10. The molecule has 198 valence electrons. The Bertz CT molecular complexity index is 594. The summed E-state index contributed by atoms with van der Waals surface area (Å²) in [6.07, 6.45) is 4.75. The van der Waals surface area contributed by atoms with Crippen molar-refractivity contribution < 1.29 is 49.0 Å². The van der Waals surface area contributed by atoms with Crippen LogP contribution in [0, 0.1) is 0 Å². The van der Waals surface area contributed by atoms with E-state index < -0.39 is 55.4 Å². The summed E-state index contributed by atoms with van der Waals surface area (Å²) in [5, 5.41) is 39.0. The summed E-state index contributed by atoms with van der Waals surface area (Å²) in [4.78, 5) is 23.4. The predicted octanol–water partition coefficient (Wildman–Crippen LogP) is 1.36. The quantitative estimate of drug-likeness (QED) is 0.134. The van der Waals surface area contributed by atoms with Crippen molar-refractivity contribution >= 4 is 11.9 Å². The molecule has 10 heteroatoms. The Kier molecular flexibility index (Phi) is 16.0. The van der Waals surface area contributed by atoms with E-state index >= 15 is 0 Å². The molecule has 0 aromatic heterocycles. The van der Waals surface area contributed by atoms with E-state index in [0.29, 0.717) is 6.42 Å². The zero-order valence-electron chi connectivity index (χ0n) is 20.3. The molecule has 34 heavy (non-hydrogen) atoms. The average molecular weight is 491 g/mol. The molecule has 1 rings (SSSR count). The first kappa shape index (κ1) is 30.5. The molecule has 0 saturated carbocycles. The number of unbranched alkanes of at least 4 members (excludes halogenated alkanes) is 6. The average Bonchev–Trinajstić information content (AvgIpc) is 2.81. The van der Waals surface area contributed by atoms with Crippen LogP contribution in [0.2, 0.25) is 0 Å². The molecule has 10 nitrogen and oxygen atoms in total. The summed E-state index contributed by atoms with van der Waals surface area (Å²) in [5.41, 5.74) is 0. The lowest BCUT2D eigenvalue weighted by molar-refractivity contribution is -0.305. The summed E-state index contributed by atoms with van der Waals surface area (Å²) in [6, 6.07) is 0. The van der Waals surface area contributed by atoms with E-state index in [2.05, 4.69) is 19.1 Å². The number of rotatable bonds is 17. The normalized spacial score (nSPS) is 25.9. The lowest BCUT2D eigenvalue weighted by Gasteiger charge is -2.39. The summed E-state index contributed by atoms with van der Waals surface area (Å²) in [6.45, 7) is 2.25. The van der Waals surface area contributed by atoms with Gasteiger partial charge in [0.05, 0.1) is 13.2 Å². The molecule has 1 aliphatic heterocycles. The van der Waals surface area contributed by atoms with Gasteiger partial charge in [-0.05, 0) is 25.7 Å². The Morgan fingerprint density at radius 2 is 1.62 bits per heavy atom. The minimum atomic E-state index is -1.59. The van der Waals surface area contributed by atoms with Crippen molar-refractivity contribution in [3.8, 4) is 0 Å². The van der Waals surface area contributed by atoms with Crippen molar-refractivity contribution in [1.29, 1.82) is 0 Å². The zero-order valence-corrected chi connectivity index (χ0v) is 20.3. The minimum Gasteiger partial charge on any atom is -0.462 e. The SMILES string of the molecule is CCC/C=C\CCCCCCCC(=O)OC(COC(C)=O)COC1OC(CO)C(O)C(O)C1O. The second kappa shape index (κ2) is 17.8. The van der Waals surface area contributed by atoms with Gasteiger partial charge in [0, 0.05) is 13.3 Å². The van der Waals surface area contributed by atoms with Gasteiger partial charge in [-0.25, -0.2) is 0 Å². The van der Waals surface area contributed by atoms with Gasteiger partial charge < -0.3 is 39.4 Å². The van der Waals surface area contributed by atoms with Gasteiger partial charge in [0.25, 0.3) is 0 Å². The van der Waals surface area contributed by atoms with Gasteiger partial charge in [-0.1, -0.05) is 44.8 Å². The van der Waals surface area contributed by atoms with E-state index in [1.807, 2.05) is 0 Å². The molecule has 0 spiro atoms. The van der Waals surface area contributed by atoms with Crippen LogP contribution in [0.4, 0.5) is 0 Å². The number of hydrogen-bond donors (Lipinski definition) is 4. The molecule has 0 aromatic rings. The second-order valence-electron chi connectivity index (χ2n) is 8.51. The summed E-state index contributed by atoms with van der Waals surface area (Å²) < 4.78 is 21.0. The third kappa shape index (κ3) is 12.2. The van der Waals surface area contributed by atoms with Crippen LogP contribution in [-0.2, 0) is 28.5 Å². The van der Waals surface area contributed by atoms with E-state index in [9.17, 15) is 30.0 Å². The number of ether oxygens (including phenoxy) is 4. The first-order valence-corrected chi connectivity index (χ1v) is 12.2. The van der Waals surface area contributed by atoms with E-state index in [4.69, 9.17) is 18.9 Å². The number of esters is 2. The fourth-order valence-electron chi connectivity index (χ4n) is 3.44. The molecule has 0 aromatic carbocycles. The fraction of sp³-hybridized carbons (Fsp3) is 0.833. The monoisotopic (exact) mass is 490 g/mol. The summed E-state index contributed by atoms with van der Waals surface area (Å²) >= 11 is 0. The molecule has 0 aliphatic carbocycles. The molecular weight excluding hydrogens is 448 g/mol. The number of allylic oxidation sites excluding steroid dienone is 2. The maximum atomic E-state index is 12.2. The molecule has 0 radical (unpaired) electrons. The van der Waals surface area contributed by atoms with E-state index in [1.165, 1.54) is 6.92 Å². The summed E-state index contributed by atoms with van der Waals surface area (Å²) in [5.74, 6) is -1.02. The molecule has 1 aliphatic rings. The highest BCUT2D eigenvalue weighted by atomic mass is 16.7. The molecule has 0 bridgehead atoms. The van der Waals surface area contributed by atoms with Gasteiger partial charge in [0.2, 0.25) is 0 Å². The maximum absolute atomic E-state index is 12.2. The van der Waals surface area contributed by atoms with Crippen molar-refractivity contribution in [3.05, 3.63) is 12.2 Å². The molecule has 6 atom stereocenters. The number of carbonyl (C=O) groups excluding carboxylic acids is 2. The molecule has 0 amide bonds. The highest BCUT2D eigenvalue weighted by molar-refractivity contribution is 5.69. The standard InChI is InChI=1S/C24H42O10/c1-3-4-5-6-7-8-9-10-11-12-13-20(27)33-18(15-31-17(2)26)16-32-24-23(30)22(29)21(28)19(14-25)34-24/h5-6,18-19,21-25,28-30H,3-4,7-16H2,1-2H3/b6-5-. The molecule has 4 N–H and O–H groups in total. The van der Waals surface area contributed by atoms with Crippen LogP contribution in [0.15, 0.2) is 12.2 Å². The molecular formula is C24H42O10. The van der Waals surface area contributed by atoms with Gasteiger partial charge in [-0.2, -0.15) is 0 Å². The smallest absolute Gasteiger partial charge is 0.306 e. The fourth-order valence-corrected chi connectivity index (χ4v) is 3.44. The lowest BCUT2D eigenvalue weighted by Crippen LogP contribution is -2.59. The van der Waals surface area contributed by atoms with Crippen LogP contribution in [0.25, 0.3) is 0 Å². The highest BCUT2D eigenvalue weighted by Crippen LogP contribution is 2.22. The summed E-state index contributed by atoms with van der Waals surface area (Å²) in [7, 11) is 0.